The van der Waals surface area contributed by atoms with Crippen LogP contribution >= 0.6 is 0 Å². The summed E-state index contributed by atoms with van der Waals surface area (Å²) in [5.74, 6) is 2.10. The molecule has 2 aromatic carbocycles. The van der Waals surface area contributed by atoms with Crippen molar-refractivity contribution in [3.63, 3.8) is 0 Å². The van der Waals surface area contributed by atoms with Crippen molar-refractivity contribution in [1.29, 1.82) is 0 Å². The zero-order chi connectivity index (χ0) is 19.9. The van der Waals surface area contributed by atoms with Gasteiger partial charge in [0.2, 0.25) is 17.7 Å². The Morgan fingerprint density at radius 1 is 1.07 bits per heavy atom. The lowest BCUT2D eigenvalue weighted by molar-refractivity contribution is -0.121. The van der Waals surface area contributed by atoms with E-state index in [1.54, 1.807) is 14.2 Å². The fraction of sp³-hybridized carbons (Fsp3) is 0.286. The summed E-state index contributed by atoms with van der Waals surface area (Å²) in [6.07, 6.45) is 0.652. The number of rotatable bonds is 8. The van der Waals surface area contributed by atoms with E-state index >= 15 is 0 Å². The number of aryl methyl sites for hydroxylation is 2. The van der Waals surface area contributed by atoms with Gasteiger partial charge in [-0.15, -0.1) is 10.2 Å². The number of hydrogen-bond donors (Lipinski definition) is 1. The molecule has 0 spiro atoms. The molecule has 0 fully saturated rings. The molecule has 0 aliphatic heterocycles. The van der Waals surface area contributed by atoms with E-state index in [4.69, 9.17) is 13.9 Å². The molecule has 1 N–H and O–H groups in total. The third-order valence-corrected chi connectivity index (χ3v) is 4.35. The molecule has 146 valence electrons. The summed E-state index contributed by atoms with van der Waals surface area (Å²) in [5.41, 5.74) is 2.88. The Labute approximate surface area is 163 Å². The monoisotopic (exact) mass is 381 g/mol. The van der Waals surface area contributed by atoms with Crippen molar-refractivity contribution in [2.45, 2.75) is 26.3 Å². The molecule has 3 aromatic rings. The van der Waals surface area contributed by atoms with E-state index < -0.39 is 0 Å². The molecule has 0 radical (unpaired) electrons. The molecule has 0 bridgehead atoms. The first-order valence-corrected chi connectivity index (χ1v) is 8.96. The third-order valence-electron chi connectivity index (χ3n) is 4.35. The molecule has 0 unspecified atom stereocenters. The van der Waals surface area contributed by atoms with Crippen LogP contribution in [0.15, 0.2) is 46.9 Å². The molecular formula is C21H23N3O4. The fourth-order valence-corrected chi connectivity index (χ4v) is 2.78. The second-order valence-corrected chi connectivity index (χ2v) is 6.28. The zero-order valence-electron chi connectivity index (χ0n) is 16.2. The Morgan fingerprint density at radius 2 is 1.86 bits per heavy atom. The van der Waals surface area contributed by atoms with Crippen molar-refractivity contribution >= 4 is 5.91 Å². The Morgan fingerprint density at radius 3 is 2.61 bits per heavy atom. The Balaban J connectivity index is 1.52. The van der Waals surface area contributed by atoms with Crippen LogP contribution < -0.4 is 14.8 Å². The molecule has 7 nitrogen and oxygen atoms in total. The fourth-order valence-electron chi connectivity index (χ4n) is 2.78. The highest BCUT2D eigenvalue weighted by Gasteiger charge is 2.12. The summed E-state index contributed by atoms with van der Waals surface area (Å²) in [6.45, 7) is 2.39. The number of nitrogens with one attached hydrogen (secondary N) is 1. The summed E-state index contributed by atoms with van der Waals surface area (Å²) in [4.78, 5) is 12.1. The lowest BCUT2D eigenvalue weighted by Gasteiger charge is -2.10. The summed E-state index contributed by atoms with van der Waals surface area (Å²) in [5, 5.41) is 11.0. The smallest absolute Gasteiger partial charge is 0.247 e. The van der Waals surface area contributed by atoms with Gasteiger partial charge < -0.3 is 19.2 Å². The predicted octanol–water partition coefficient (Wildman–Crippen LogP) is 3.31. The van der Waals surface area contributed by atoms with E-state index in [2.05, 4.69) is 15.5 Å². The molecular weight excluding hydrogens is 358 g/mol. The molecule has 28 heavy (non-hydrogen) atoms. The molecule has 0 saturated heterocycles. The summed E-state index contributed by atoms with van der Waals surface area (Å²) >= 11 is 0. The maximum atomic E-state index is 12.1. The van der Waals surface area contributed by atoms with Crippen LogP contribution in [0.1, 0.15) is 23.4 Å². The van der Waals surface area contributed by atoms with Gasteiger partial charge in [0.05, 0.1) is 14.2 Å². The van der Waals surface area contributed by atoms with Gasteiger partial charge in [-0.25, -0.2) is 0 Å². The molecule has 7 heteroatoms. The van der Waals surface area contributed by atoms with E-state index in [1.807, 2.05) is 49.4 Å². The van der Waals surface area contributed by atoms with Crippen molar-refractivity contribution in [2.75, 3.05) is 14.2 Å². The number of methoxy groups -OCH3 is 2. The minimum absolute atomic E-state index is 0.0922. The van der Waals surface area contributed by atoms with Gasteiger partial charge in [0.15, 0.2) is 11.5 Å². The van der Waals surface area contributed by atoms with Crippen molar-refractivity contribution in [3.8, 4) is 23.0 Å². The Hall–Kier alpha value is -3.35. The summed E-state index contributed by atoms with van der Waals surface area (Å²) < 4.78 is 16.2. The van der Waals surface area contributed by atoms with Crippen molar-refractivity contribution in [1.82, 2.24) is 15.5 Å². The van der Waals surface area contributed by atoms with Gasteiger partial charge in [0.1, 0.15) is 0 Å². The number of nitrogens with zero attached hydrogens (tertiary/aromatic N) is 2. The zero-order valence-corrected chi connectivity index (χ0v) is 16.2. The number of ether oxygens (including phenoxy) is 2. The van der Waals surface area contributed by atoms with Gasteiger partial charge in [-0.2, -0.15) is 0 Å². The lowest BCUT2D eigenvalue weighted by Crippen LogP contribution is -2.23. The highest BCUT2D eigenvalue weighted by molar-refractivity contribution is 5.76. The maximum absolute atomic E-state index is 12.1. The molecule has 0 aliphatic carbocycles. The molecule has 0 aliphatic rings. The van der Waals surface area contributed by atoms with Gasteiger partial charge in [-0.1, -0.05) is 24.3 Å². The molecule has 1 aromatic heterocycles. The van der Waals surface area contributed by atoms with Gasteiger partial charge in [0.25, 0.3) is 0 Å². The number of carbonyl (C=O) groups excluding carboxylic acids is 1. The van der Waals surface area contributed by atoms with Gasteiger partial charge in [0, 0.05) is 24.9 Å². The van der Waals surface area contributed by atoms with Crippen molar-refractivity contribution in [2.24, 2.45) is 0 Å². The largest absolute Gasteiger partial charge is 0.493 e. The number of aromatic nitrogens is 2. The Kier molecular flexibility index (Phi) is 6.26. The molecule has 0 atom stereocenters. The number of carbonyl (C=O) groups is 1. The van der Waals surface area contributed by atoms with Crippen LogP contribution in [-0.2, 0) is 17.8 Å². The van der Waals surface area contributed by atoms with Crippen LogP contribution in [0, 0.1) is 6.92 Å². The summed E-state index contributed by atoms with van der Waals surface area (Å²) in [6, 6.07) is 13.3. The second-order valence-electron chi connectivity index (χ2n) is 6.28. The van der Waals surface area contributed by atoms with E-state index in [0.29, 0.717) is 36.2 Å². The number of amides is 1. The first kappa shape index (κ1) is 19.4. The molecule has 3 rings (SSSR count). The van der Waals surface area contributed by atoms with E-state index in [-0.39, 0.29) is 12.3 Å². The van der Waals surface area contributed by atoms with E-state index in [0.717, 1.165) is 16.7 Å². The van der Waals surface area contributed by atoms with Gasteiger partial charge in [-0.3, -0.25) is 4.79 Å². The first-order valence-electron chi connectivity index (χ1n) is 8.96. The average molecular weight is 381 g/mol. The van der Waals surface area contributed by atoms with E-state index in [1.165, 1.54) is 0 Å². The van der Waals surface area contributed by atoms with Crippen LogP contribution in [0.4, 0.5) is 0 Å². The summed E-state index contributed by atoms with van der Waals surface area (Å²) in [7, 11) is 3.16. The van der Waals surface area contributed by atoms with Crippen LogP contribution in [0.3, 0.4) is 0 Å². The van der Waals surface area contributed by atoms with Crippen LogP contribution in [0.5, 0.6) is 11.5 Å². The SMILES string of the molecule is COc1ccc(CNC(=O)CCc2nnc(-c3ccccc3C)o2)cc1OC. The van der Waals surface area contributed by atoms with Crippen molar-refractivity contribution < 1.29 is 18.7 Å². The quantitative estimate of drug-likeness (QED) is 0.644. The maximum Gasteiger partial charge on any atom is 0.247 e. The normalized spacial score (nSPS) is 10.5. The van der Waals surface area contributed by atoms with Gasteiger partial charge >= 0.3 is 0 Å². The van der Waals surface area contributed by atoms with Crippen LogP contribution in [0.2, 0.25) is 0 Å². The average Bonchev–Trinajstić information content (AvgIpc) is 3.19. The molecule has 1 amide bonds. The van der Waals surface area contributed by atoms with Crippen molar-refractivity contribution in [3.05, 3.63) is 59.5 Å². The molecule has 0 saturated carbocycles. The number of benzene rings is 2. The highest BCUT2D eigenvalue weighted by Crippen LogP contribution is 2.27. The lowest BCUT2D eigenvalue weighted by atomic mass is 10.1. The minimum atomic E-state index is -0.0922. The predicted molar refractivity (Wildman–Crippen MR) is 104 cm³/mol. The second kappa shape index (κ2) is 9.03. The topological polar surface area (TPSA) is 86.5 Å². The number of hydrogen-bond acceptors (Lipinski definition) is 6. The van der Waals surface area contributed by atoms with E-state index in [9.17, 15) is 4.79 Å². The Bertz CT molecular complexity index is 952. The first-order chi connectivity index (χ1) is 13.6. The van der Waals surface area contributed by atoms with Crippen LogP contribution in [-0.4, -0.2) is 30.3 Å². The van der Waals surface area contributed by atoms with Crippen LogP contribution in [0.25, 0.3) is 11.5 Å². The van der Waals surface area contributed by atoms with Gasteiger partial charge in [-0.05, 0) is 36.2 Å². The minimum Gasteiger partial charge on any atom is -0.493 e. The molecule has 1 heterocycles. The third kappa shape index (κ3) is 4.68. The highest BCUT2D eigenvalue weighted by atomic mass is 16.5. The standard InChI is InChI=1S/C21H23N3O4/c1-14-6-4-5-7-16(14)21-24-23-20(28-21)11-10-19(25)22-13-15-8-9-17(26-2)18(12-15)27-3/h4-9,12H,10-11,13H2,1-3H3,(H,22,25).